The number of nitrogens with zero attached hydrogens (tertiary/aromatic N) is 2. The van der Waals surface area contributed by atoms with Crippen molar-refractivity contribution in [1.82, 2.24) is 15.1 Å². The number of hydrogen-bond acceptors (Lipinski definition) is 4. The monoisotopic (exact) mass is 503 g/mol. The van der Waals surface area contributed by atoms with Gasteiger partial charge in [-0.1, -0.05) is 6.07 Å². The maximum absolute atomic E-state index is 14.8. The summed E-state index contributed by atoms with van der Waals surface area (Å²) in [5.74, 6) is -1.17. The molecule has 0 saturated carbocycles. The molecule has 0 saturated heterocycles. The second-order valence-electron chi connectivity index (χ2n) is 8.20. The van der Waals surface area contributed by atoms with E-state index in [9.17, 15) is 35.5 Å². The van der Waals surface area contributed by atoms with Crippen LogP contribution in [0.5, 0.6) is 0 Å². The number of Topliss-reactive ketones (excluding diaryl/α,β-unsaturated/α-hetero) is 1. The summed E-state index contributed by atoms with van der Waals surface area (Å²) in [4.78, 5) is 13.6. The summed E-state index contributed by atoms with van der Waals surface area (Å²) >= 11 is 1.49. The Morgan fingerprint density at radius 1 is 1.00 bits per heavy atom. The van der Waals surface area contributed by atoms with Crippen LogP contribution in [0.25, 0.3) is 5.69 Å². The minimum Gasteiger partial charge on any atom is -0.361 e. The highest BCUT2D eigenvalue weighted by molar-refractivity contribution is 8.03. The van der Waals surface area contributed by atoms with Gasteiger partial charge in [-0.2, -0.15) is 31.4 Å². The Morgan fingerprint density at radius 3 is 2.47 bits per heavy atom. The molecule has 34 heavy (non-hydrogen) atoms. The normalized spacial score (nSPS) is 21.0. The van der Waals surface area contributed by atoms with E-state index in [4.69, 9.17) is 0 Å². The van der Waals surface area contributed by atoms with E-state index in [1.807, 2.05) is 0 Å². The van der Waals surface area contributed by atoms with Gasteiger partial charge in [0.15, 0.2) is 11.5 Å². The second-order valence-corrected chi connectivity index (χ2v) is 9.34. The molecule has 0 bridgehead atoms. The Balaban J connectivity index is 1.69. The number of benzene rings is 1. The molecule has 0 fully saturated rings. The highest BCUT2D eigenvalue weighted by Crippen LogP contribution is 2.50. The molecule has 0 amide bonds. The molecule has 3 aliphatic rings. The van der Waals surface area contributed by atoms with Gasteiger partial charge < -0.3 is 5.32 Å². The Hall–Kier alpha value is -2.76. The van der Waals surface area contributed by atoms with Gasteiger partial charge in [0.25, 0.3) is 0 Å². The topological polar surface area (TPSA) is 46.9 Å². The lowest BCUT2D eigenvalue weighted by Gasteiger charge is -2.33. The zero-order valence-corrected chi connectivity index (χ0v) is 18.1. The lowest BCUT2D eigenvalue weighted by molar-refractivity contribution is -0.143. The van der Waals surface area contributed by atoms with Gasteiger partial charge in [-0.15, -0.1) is 11.8 Å². The summed E-state index contributed by atoms with van der Waals surface area (Å²) in [6, 6.07) is 3.17. The molecule has 1 aromatic carbocycles. The molecule has 2 aliphatic heterocycles. The minimum atomic E-state index is -5.21. The molecule has 12 heteroatoms. The van der Waals surface area contributed by atoms with Crippen molar-refractivity contribution in [2.24, 2.45) is 0 Å². The van der Waals surface area contributed by atoms with Crippen LogP contribution in [0.1, 0.15) is 48.6 Å². The van der Waals surface area contributed by atoms with E-state index in [2.05, 4.69) is 10.4 Å². The molecule has 5 rings (SSSR count). The van der Waals surface area contributed by atoms with Gasteiger partial charge >= 0.3 is 12.4 Å². The summed E-state index contributed by atoms with van der Waals surface area (Å²) in [5.41, 5.74) is -1.86. The van der Waals surface area contributed by atoms with Gasteiger partial charge in [0, 0.05) is 46.0 Å². The molecule has 1 aromatic heterocycles. The predicted octanol–water partition coefficient (Wildman–Crippen LogP) is 6.09. The zero-order valence-electron chi connectivity index (χ0n) is 17.3. The lowest BCUT2D eigenvalue weighted by Crippen LogP contribution is -2.30. The van der Waals surface area contributed by atoms with E-state index in [0.29, 0.717) is 36.8 Å². The first-order chi connectivity index (χ1) is 15.9. The SMILES string of the molecule is O=C1CCCC2=C1C(c1ccc(F)c(-n3nc(C(F)(F)F)cc3C(F)(F)F)c1)C1=C(CCS1)N2. The number of dihydropyridines is 1. The van der Waals surface area contributed by atoms with Crippen molar-refractivity contribution in [3.63, 3.8) is 0 Å². The molecule has 0 spiro atoms. The van der Waals surface area contributed by atoms with Gasteiger partial charge in [0.2, 0.25) is 0 Å². The van der Waals surface area contributed by atoms with Crippen molar-refractivity contribution < 1.29 is 35.5 Å². The summed E-state index contributed by atoms with van der Waals surface area (Å²) < 4.78 is 94.8. The van der Waals surface area contributed by atoms with E-state index >= 15 is 0 Å². The Labute approximate surface area is 192 Å². The number of ketones is 1. The fourth-order valence-electron chi connectivity index (χ4n) is 4.59. The van der Waals surface area contributed by atoms with Crippen LogP contribution in [0.2, 0.25) is 0 Å². The highest BCUT2D eigenvalue weighted by Gasteiger charge is 2.43. The molecule has 1 aliphatic carbocycles. The number of carbonyl (C=O) groups excluding carboxylic acids is 1. The molecule has 180 valence electrons. The summed E-state index contributed by atoms with van der Waals surface area (Å²) in [7, 11) is 0. The van der Waals surface area contributed by atoms with Gasteiger partial charge in [-0.05, 0) is 37.0 Å². The van der Waals surface area contributed by atoms with Gasteiger partial charge in [0.05, 0.1) is 0 Å². The molecule has 2 aromatic rings. The first kappa shape index (κ1) is 23.0. The fourth-order valence-corrected chi connectivity index (χ4v) is 5.87. The quantitative estimate of drug-likeness (QED) is 0.504. The zero-order chi connectivity index (χ0) is 24.4. The van der Waals surface area contributed by atoms with Crippen LogP contribution in [0, 0.1) is 5.82 Å². The van der Waals surface area contributed by atoms with Crippen molar-refractivity contribution in [2.45, 2.75) is 44.0 Å². The van der Waals surface area contributed by atoms with Crippen LogP contribution >= 0.6 is 11.8 Å². The molecule has 4 nitrogen and oxygen atoms in total. The third-order valence-electron chi connectivity index (χ3n) is 6.04. The standard InChI is InChI=1S/C22H16F7N3OS/c23-11-5-4-10(8-14(11)32-17(22(27,28)29)9-16(31-32)21(24,25)26)18-19-12(2-1-3-15(19)33)30-13-6-7-34-20(13)18/h4-5,8-9,18,30H,1-3,6-7H2. The second kappa shape index (κ2) is 7.89. The summed E-state index contributed by atoms with van der Waals surface area (Å²) in [6.45, 7) is 0. The highest BCUT2D eigenvalue weighted by atomic mass is 32.2. The number of allylic oxidation sites excluding steroid dienone is 4. The number of nitrogens with one attached hydrogen (secondary N) is 1. The van der Waals surface area contributed by atoms with Crippen molar-refractivity contribution in [3.8, 4) is 5.69 Å². The number of halogens is 7. The van der Waals surface area contributed by atoms with Crippen molar-refractivity contribution >= 4 is 17.5 Å². The van der Waals surface area contributed by atoms with Gasteiger partial charge in [-0.3, -0.25) is 4.79 Å². The lowest BCUT2D eigenvalue weighted by atomic mass is 9.79. The largest absolute Gasteiger partial charge is 0.435 e. The smallest absolute Gasteiger partial charge is 0.361 e. The van der Waals surface area contributed by atoms with Crippen molar-refractivity contribution in [1.29, 1.82) is 0 Å². The molecular weight excluding hydrogens is 487 g/mol. The van der Waals surface area contributed by atoms with Gasteiger partial charge in [-0.25, -0.2) is 9.07 Å². The molecule has 1 N–H and O–H groups in total. The van der Waals surface area contributed by atoms with Crippen molar-refractivity contribution in [3.05, 3.63) is 68.9 Å². The molecule has 3 heterocycles. The number of thioether (sulfide) groups is 1. The van der Waals surface area contributed by atoms with E-state index in [0.717, 1.165) is 34.2 Å². The minimum absolute atomic E-state index is 0.0577. The third kappa shape index (κ3) is 3.81. The van der Waals surface area contributed by atoms with Crippen LogP contribution in [0.4, 0.5) is 30.7 Å². The predicted molar refractivity (Wildman–Crippen MR) is 109 cm³/mol. The van der Waals surface area contributed by atoms with Crippen LogP contribution in [0.15, 0.2) is 46.1 Å². The fraction of sp³-hybridized carbons (Fsp3) is 0.364. The van der Waals surface area contributed by atoms with Crippen LogP contribution < -0.4 is 5.32 Å². The number of carbonyl (C=O) groups is 1. The Bertz CT molecular complexity index is 1260. The maximum atomic E-state index is 14.8. The van der Waals surface area contributed by atoms with E-state index < -0.39 is 41.2 Å². The van der Waals surface area contributed by atoms with E-state index in [1.54, 1.807) is 0 Å². The van der Waals surface area contributed by atoms with Crippen LogP contribution in [0.3, 0.4) is 0 Å². The van der Waals surface area contributed by atoms with Crippen LogP contribution in [-0.4, -0.2) is 21.3 Å². The third-order valence-corrected chi connectivity index (χ3v) is 7.24. The van der Waals surface area contributed by atoms with E-state index in [1.165, 1.54) is 17.8 Å². The Kier molecular flexibility index (Phi) is 5.34. The number of rotatable bonds is 2. The average Bonchev–Trinajstić information content (AvgIpc) is 3.40. The van der Waals surface area contributed by atoms with Gasteiger partial charge in [0.1, 0.15) is 17.2 Å². The molecular formula is C22H16F7N3OS. The molecule has 1 atom stereocenters. The average molecular weight is 503 g/mol. The molecule has 0 radical (unpaired) electrons. The first-order valence-electron chi connectivity index (χ1n) is 10.4. The summed E-state index contributed by atoms with van der Waals surface area (Å²) in [6.07, 6.45) is -8.06. The summed E-state index contributed by atoms with van der Waals surface area (Å²) in [5, 5.41) is 6.36. The maximum Gasteiger partial charge on any atom is 0.435 e. The molecule has 1 unspecified atom stereocenters. The first-order valence-corrected chi connectivity index (χ1v) is 11.4. The number of alkyl halides is 6. The van der Waals surface area contributed by atoms with Crippen LogP contribution in [-0.2, 0) is 17.1 Å². The van der Waals surface area contributed by atoms with E-state index in [-0.39, 0.29) is 16.5 Å². The van der Waals surface area contributed by atoms with Crippen molar-refractivity contribution in [2.75, 3.05) is 5.75 Å². The Morgan fingerprint density at radius 2 is 1.76 bits per heavy atom. The number of aromatic nitrogens is 2. The number of hydrogen-bond donors (Lipinski definition) is 1.